The first kappa shape index (κ1) is 25.2. The van der Waals surface area contributed by atoms with Crippen LogP contribution in [0.1, 0.15) is 65.5 Å². The fraction of sp³-hybridized carbons (Fsp3) is 0.462. The highest BCUT2D eigenvalue weighted by atomic mass is 16.6. The van der Waals surface area contributed by atoms with E-state index >= 15 is 0 Å². The molecule has 0 saturated carbocycles. The van der Waals surface area contributed by atoms with Crippen molar-refractivity contribution in [3.05, 3.63) is 65.7 Å². The van der Waals surface area contributed by atoms with E-state index in [1.165, 1.54) is 0 Å². The third-order valence-electron chi connectivity index (χ3n) is 4.98. The molecule has 2 aromatic carbocycles. The molecule has 0 aliphatic rings. The van der Waals surface area contributed by atoms with Crippen molar-refractivity contribution in [3.8, 4) is 5.75 Å². The van der Waals surface area contributed by atoms with Crippen molar-refractivity contribution >= 4 is 12.1 Å². The van der Waals surface area contributed by atoms with Crippen LogP contribution in [0.3, 0.4) is 0 Å². The molecule has 2 atom stereocenters. The average Bonchev–Trinajstić information content (AvgIpc) is 2.71. The van der Waals surface area contributed by atoms with Crippen molar-refractivity contribution in [1.29, 1.82) is 0 Å². The van der Waals surface area contributed by atoms with E-state index in [0.717, 1.165) is 11.1 Å². The van der Waals surface area contributed by atoms with Crippen LogP contribution in [0.2, 0.25) is 0 Å². The Morgan fingerprint density at radius 2 is 1.50 bits per heavy atom. The number of esters is 1. The van der Waals surface area contributed by atoms with E-state index in [2.05, 4.69) is 5.32 Å². The zero-order valence-corrected chi connectivity index (χ0v) is 20.1. The number of carbonyl (C=O) groups excluding carboxylic acids is 2. The highest BCUT2D eigenvalue weighted by molar-refractivity contribution is 5.79. The van der Waals surface area contributed by atoms with Gasteiger partial charge in [0.15, 0.2) is 5.60 Å². The molecular weight excluding hydrogens is 406 g/mol. The number of amides is 1. The number of carbonyl (C=O) groups is 2. The number of ether oxygens (including phenoxy) is 3. The van der Waals surface area contributed by atoms with Crippen LogP contribution in [-0.2, 0) is 20.9 Å². The van der Waals surface area contributed by atoms with Gasteiger partial charge in [-0.2, -0.15) is 0 Å². The van der Waals surface area contributed by atoms with Crippen LogP contribution in [0.15, 0.2) is 54.6 Å². The van der Waals surface area contributed by atoms with Gasteiger partial charge < -0.3 is 19.5 Å². The summed E-state index contributed by atoms with van der Waals surface area (Å²) in [5.74, 6) is 0.196. The molecule has 2 unspecified atom stereocenters. The summed E-state index contributed by atoms with van der Waals surface area (Å²) in [7, 11) is 0. The summed E-state index contributed by atoms with van der Waals surface area (Å²) in [5.41, 5.74) is 0.275. The third-order valence-corrected chi connectivity index (χ3v) is 4.98. The van der Waals surface area contributed by atoms with Gasteiger partial charge in [-0.1, -0.05) is 49.4 Å². The standard InChI is InChI=1S/C26H35NO5/c1-18(19(2)27-24(29)30-17-20-11-9-8-10-12-20)21-13-15-22(16-14-21)31-26(6,7)23(28)32-25(3,4)5/h8-16,18-19H,17H2,1-7H3,(H,27,29). The summed E-state index contributed by atoms with van der Waals surface area (Å²) >= 11 is 0. The molecule has 0 spiro atoms. The minimum atomic E-state index is -1.11. The normalized spacial score (nSPS) is 13.6. The van der Waals surface area contributed by atoms with E-state index in [1.54, 1.807) is 13.8 Å². The number of alkyl carbamates (subject to hydrolysis) is 1. The summed E-state index contributed by atoms with van der Waals surface area (Å²) in [6.07, 6.45) is -0.452. The number of benzene rings is 2. The minimum Gasteiger partial charge on any atom is -0.476 e. The highest BCUT2D eigenvalue weighted by Gasteiger charge is 2.34. The van der Waals surface area contributed by atoms with Gasteiger partial charge >= 0.3 is 12.1 Å². The second kappa shape index (κ2) is 10.5. The predicted octanol–water partition coefficient (Wildman–Crippen LogP) is 5.60. The van der Waals surface area contributed by atoms with E-state index in [0.29, 0.717) is 5.75 Å². The molecule has 0 aromatic heterocycles. The van der Waals surface area contributed by atoms with E-state index in [1.807, 2.05) is 89.2 Å². The Morgan fingerprint density at radius 1 is 0.906 bits per heavy atom. The topological polar surface area (TPSA) is 73.9 Å². The molecule has 1 amide bonds. The van der Waals surface area contributed by atoms with Gasteiger partial charge in [0.05, 0.1) is 0 Å². The maximum Gasteiger partial charge on any atom is 0.407 e. The Hall–Kier alpha value is -3.02. The van der Waals surface area contributed by atoms with Gasteiger partial charge in [-0.05, 0) is 64.8 Å². The number of nitrogens with one attached hydrogen (secondary N) is 1. The SMILES string of the molecule is CC(NC(=O)OCc1ccccc1)C(C)c1ccc(OC(C)(C)C(=O)OC(C)(C)C)cc1. The molecule has 1 N–H and O–H groups in total. The Bertz CT molecular complexity index is 885. The summed E-state index contributed by atoms with van der Waals surface area (Å²) in [6.45, 7) is 13.0. The van der Waals surface area contributed by atoms with Crippen molar-refractivity contribution in [2.45, 2.75) is 78.2 Å². The molecule has 0 radical (unpaired) electrons. The first-order valence-corrected chi connectivity index (χ1v) is 10.9. The molecule has 0 aliphatic carbocycles. The molecule has 32 heavy (non-hydrogen) atoms. The van der Waals surface area contributed by atoms with Crippen molar-refractivity contribution in [2.24, 2.45) is 0 Å². The summed E-state index contributed by atoms with van der Waals surface area (Å²) in [5, 5.41) is 2.88. The Kier molecular flexibility index (Phi) is 8.31. The molecule has 2 rings (SSSR count). The largest absolute Gasteiger partial charge is 0.476 e. The second-order valence-corrected chi connectivity index (χ2v) is 9.47. The number of hydrogen-bond donors (Lipinski definition) is 1. The van der Waals surface area contributed by atoms with Crippen molar-refractivity contribution in [2.75, 3.05) is 0 Å². The van der Waals surface area contributed by atoms with Gasteiger partial charge in [0.2, 0.25) is 0 Å². The highest BCUT2D eigenvalue weighted by Crippen LogP contribution is 2.26. The van der Waals surface area contributed by atoms with Crippen molar-refractivity contribution in [3.63, 3.8) is 0 Å². The molecule has 6 heteroatoms. The first-order valence-electron chi connectivity index (χ1n) is 10.9. The molecule has 2 aromatic rings. The monoisotopic (exact) mass is 441 g/mol. The van der Waals surface area contributed by atoms with Gasteiger partial charge in [-0.3, -0.25) is 0 Å². The van der Waals surface area contributed by atoms with Crippen LogP contribution in [0, 0.1) is 0 Å². The lowest BCUT2D eigenvalue weighted by Crippen LogP contribution is -2.43. The Morgan fingerprint density at radius 3 is 2.06 bits per heavy atom. The molecule has 6 nitrogen and oxygen atoms in total. The fourth-order valence-corrected chi connectivity index (χ4v) is 2.94. The number of hydrogen-bond acceptors (Lipinski definition) is 5. The van der Waals surface area contributed by atoms with Crippen molar-refractivity contribution in [1.82, 2.24) is 5.32 Å². The number of rotatable bonds is 8. The van der Waals surface area contributed by atoms with Crippen LogP contribution in [0.5, 0.6) is 5.75 Å². The third kappa shape index (κ3) is 7.91. The zero-order chi connectivity index (χ0) is 23.9. The fourth-order valence-electron chi connectivity index (χ4n) is 2.94. The first-order chi connectivity index (χ1) is 14.9. The van der Waals surface area contributed by atoms with E-state index in [4.69, 9.17) is 14.2 Å². The van der Waals surface area contributed by atoms with Gasteiger partial charge in [-0.25, -0.2) is 9.59 Å². The van der Waals surface area contributed by atoms with Gasteiger partial charge in [-0.15, -0.1) is 0 Å². The van der Waals surface area contributed by atoms with E-state index < -0.39 is 23.3 Å². The molecular formula is C26H35NO5. The minimum absolute atomic E-state index is 0.0483. The lowest BCUT2D eigenvalue weighted by Gasteiger charge is -2.29. The van der Waals surface area contributed by atoms with Crippen LogP contribution in [-0.4, -0.2) is 29.3 Å². The maximum absolute atomic E-state index is 12.4. The zero-order valence-electron chi connectivity index (χ0n) is 20.1. The quantitative estimate of drug-likeness (QED) is 0.540. The summed E-state index contributed by atoms with van der Waals surface area (Å²) in [4.78, 5) is 24.5. The molecule has 174 valence electrons. The Labute approximate surface area is 191 Å². The van der Waals surface area contributed by atoms with Gasteiger partial charge in [0, 0.05) is 12.0 Å². The lowest BCUT2D eigenvalue weighted by atomic mass is 9.94. The molecule has 0 fully saturated rings. The molecule has 0 heterocycles. The van der Waals surface area contributed by atoms with Gasteiger partial charge in [0.25, 0.3) is 0 Å². The van der Waals surface area contributed by atoms with Crippen molar-refractivity contribution < 1.29 is 23.8 Å². The Balaban J connectivity index is 1.90. The lowest BCUT2D eigenvalue weighted by molar-refractivity contribution is -0.170. The van der Waals surface area contributed by atoms with Crippen LogP contribution in [0.25, 0.3) is 0 Å². The summed E-state index contributed by atoms with van der Waals surface area (Å²) < 4.78 is 16.6. The van der Waals surface area contributed by atoms with Crippen LogP contribution in [0.4, 0.5) is 4.79 Å². The maximum atomic E-state index is 12.4. The summed E-state index contributed by atoms with van der Waals surface area (Å²) in [6, 6.07) is 16.9. The smallest absolute Gasteiger partial charge is 0.407 e. The second-order valence-electron chi connectivity index (χ2n) is 9.47. The van der Waals surface area contributed by atoms with Gasteiger partial charge in [0.1, 0.15) is 18.0 Å². The van der Waals surface area contributed by atoms with E-state index in [9.17, 15) is 9.59 Å². The molecule has 0 bridgehead atoms. The predicted molar refractivity (Wildman–Crippen MR) is 125 cm³/mol. The average molecular weight is 442 g/mol. The molecule has 0 aliphatic heterocycles. The van der Waals surface area contributed by atoms with Crippen LogP contribution >= 0.6 is 0 Å². The molecule has 0 saturated heterocycles. The van der Waals surface area contributed by atoms with Crippen LogP contribution < -0.4 is 10.1 Å². The van der Waals surface area contributed by atoms with E-state index in [-0.39, 0.29) is 18.6 Å².